The first-order chi connectivity index (χ1) is 12.9. The third-order valence-electron chi connectivity index (χ3n) is 4.78. The summed E-state index contributed by atoms with van der Waals surface area (Å²) >= 11 is -2.45. The number of nitrogens with zero attached hydrogens (tertiary/aromatic N) is 2. The van der Waals surface area contributed by atoms with Crippen LogP contribution in [0, 0.1) is 5.92 Å². The second kappa shape index (κ2) is 9.70. The van der Waals surface area contributed by atoms with E-state index in [1.807, 2.05) is 0 Å². The molecule has 0 aromatic carbocycles. The van der Waals surface area contributed by atoms with E-state index in [9.17, 15) is 18.4 Å². The standard InChI is InChI=1S/C18H26N2O6S/c1-3-5-16-15(4-2)20(27(24)25)12-14(26-16)6-7-17(21)19-10-8-13(9-11-19)18(22)23/h3-5,13-14H,1,6-12H2,2H3,(H,22,23)(H,24,25)/p-1/b15-4+,16-5+. The van der Waals surface area contributed by atoms with Gasteiger partial charge in [0.05, 0.1) is 18.2 Å². The number of amides is 1. The molecule has 150 valence electrons. The van der Waals surface area contributed by atoms with Crippen LogP contribution in [-0.2, 0) is 25.6 Å². The van der Waals surface area contributed by atoms with Crippen molar-refractivity contribution in [1.82, 2.24) is 9.21 Å². The maximum absolute atomic E-state index is 12.4. The first-order valence-corrected chi connectivity index (χ1v) is 9.94. The van der Waals surface area contributed by atoms with Crippen LogP contribution < -0.4 is 0 Å². The minimum Gasteiger partial charge on any atom is -0.755 e. The number of aliphatic carboxylic acids is 1. The Labute approximate surface area is 161 Å². The Kier molecular flexibility index (Phi) is 7.61. The van der Waals surface area contributed by atoms with Gasteiger partial charge in [0.1, 0.15) is 11.9 Å². The van der Waals surface area contributed by atoms with E-state index < -0.39 is 23.3 Å². The summed E-state index contributed by atoms with van der Waals surface area (Å²) < 4.78 is 30.2. The van der Waals surface area contributed by atoms with Crippen molar-refractivity contribution in [3.63, 3.8) is 0 Å². The van der Waals surface area contributed by atoms with Crippen molar-refractivity contribution in [1.29, 1.82) is 0 Å². The molecule has 0 radical (unpaired) electrons. The van der Waals surface area contributed by atoms with Crippen LogP contribution in [0.2, 0.25) is 0 Å². The summed E-state index contributed by atoms with van der Waals surface area (Å²) in [6.45, 7) is 6.34. The van der Waals surface area contributed by atoms with Crippen molar-refractivity contribution >= 4 is 23.1 Å². The zero-order valence-corrected chi connectivity index (χ0v) is 16.2. The molecule has 0 spiro atoms. The van der Waals surface area contributed by atoms with E-state index in [-0.39, 0.29) is 24.8 Å². The third kappa shape index (κ3) is 5.43. The molecular weight excluding hydrogens is 372 g/mol. The number of ether oxygens (including phenoxy) is 1. The summed E-state index contributed by atoms with van der Waals surface area (Å²) in [4.78, 5) is 25.1. The van der Waals surface area contributed by atoms with Crippen LogP contribution >= 0.6 is 0 Å². The first kappa shape index (κ1) is 21.2. The Hall–Kier alpha value is -2.13. The number of carboxylic acids is 1. The zero-order valence-electron chi connectivity index (χ0n) is 15.3. The lowest BCUT2D eigenvalue weighted by molar-refractivity contribution is -0.145. The topological polar surface area (TPSA) is 110 Å². The number of carboxylic acid groups (broad SMARTS) is 1. The Morgan fingerprint density at radius 2 is 2.07 bits per heavy atom. The van der Waals surface area contributed by atoms with Crippen LogP contribution in [0.3, 0.4) is 0 Å². The van der Waals surface area contributed by atoms with Gasteiger partial charge in [0.25, 0.3) is 0 Å². The van der Waals surface area contributed by atoms with E-state index in [0.717, 1.165) is 0 Å². The summed E-state index contributed by atoms with van der Waals surface area (Å²) in [6, 6.07) is 0. The lowest BCUT2D eigenvalue weighted by atomic mass is 9.97. The number of piperidine rings is 1. The number of carbonyl (C=O) groups excluding carboxylic acids is 1. The second-order valence-corrected chi connectivity index (χ2v) is 7.37. The molecule has 9 heteroatoms. The van der Waals surface area contributed by atoms with Crippen molar-refractivity contribution in [2.45, 2.75) is 38.7 Å². The number of rotatable bonds is 6. The van der Waals surface area contributed by atoms with Crippen molar-refractivity contribution in [2.75, 3.05) is 19.6 Å². The van der Waals surface area contributed by atoms with Crippen molar-refractivity contribution in [3.05, 3.63) is 36.3 Å². The smallest absolute Gasteiger partial charge is 0.306 e. The van der Waals surface area contributed by atoms with Gasteiger partial charge in [0.2, 0.25) is 5.91 Å². The highest BCUT2D eigenvalue weighted by molar-refractivity contribution is 7.76. The van der Waals surface area contributed by atoms with Crippen molar-refractivity contribution in [3.8, 4) is 0 Å². The minimum atomic E-state index is -2.45. The average Bonchev–Trinajstić information content (AvgIpc) is 2.65. The minimum absolute atomic E-state index is 0.0664. The number of allylic oxidation sites excluding steroid dienone is 3. The molecule has 2 heterocycles. The van der Waals surface area contributed by atoms with Crippen LogP contribution in [0.25, 0.3) is 0 Å². The molecule has 0 aromatic rings. The lowest BCUT2D eigenvalue weighted by Gasteiger charge is -2.39. The van der Waals surface area contributed by atoms with Gasteiger partial charge in [-0.2, -0.15) is 0 Å². The molecule has 8 nitrogen and oxygen atoms in total. The lowest BCUT2D eigenvalue weighted by Crippen LogP contribution is -2.43. The fourth-order valence-corrected chi connectivity index (χ4v) is 3.96. The SMILES string of the molecule is C=C/C=C1/OC(CCC(=O)N2CCC(C(=O)O)CC2)CN(S(=O)[O-])/C1=C/C. The number of likely N-dealkylation sites (tertiary alicyclic amines) is 1. The monoisotopic (exact) mass is 397 g/mol. The predicted octanol–water partition coefficient (Wildman–Crippen LogP) is 1.56. The molecule has 2 saturated heterocycles. The number of morpholine rings is 1. The van der Waals surface area contributed by atoms with Gasteiger partial charge in [-0.15, -0.1) is 0 Å². The fourth-order valence-electron chi connectivity index (χ4n) is 3.31. The predicted molar refractivity (Wildman–Crippen MR) is 98.7 cm³/mol. The highest BCUT2D eigenvalue weighted by atomic mass is 32.2. The molecule has 2 rings (SSSR count). The normalized spacial score (nSPS) is 25.3. The summed E-state index contributed by atoms with van der Waals surface area (Å²) in [7, 11) is 0. The van der Waals surface area contributed by atoms with E-state index in [1.54, 1.807) is 24.0 Å². The van der Waals surface area contributed by atoms with E-state index >= 15 is 0 Å². The largest absolute Gasteiger partial charge is 0.755 e. The highest BCUT2D eigenvalue weighted by Crippen LogP contribution is 2.28. The number of hydrogen-bond donors (Lipinski definition) is 1. The maximum Gasteiger partial charge on any atom is 0.306 e. The van der Waals surface area contributed by atoms with Gasteiger partial charge in [-0.1, -0.05) is 18.7 Å². The fraction of sp³-hybridized carbons (Fsp3) is 0.556. The molecule has 27 heavy (non-hydrogen) atoms. The van der Waals surface area contributed by atoms with Crippen molar-refractivity contribution in [2.24, 2.45) is 5.92 Å². The molecule has 2 atom stereocenters. The van der Waals surface area contributed by atoms with Gasteiger partial charge in [-0.3, -0.25) is 18.1 Å². The van der Waals surface area contributed by atoms with E-state index in [4.69, 9.17) is 9.84 Å². The highest BCUT2D eigenvalue weighted by Gasteiger charge is 2.30. The van der Waals surface area contributed by atoms with E-state index in [2.05, 4.69) is 6.58 Å². The summed E-state index contributed by atoms with van der Waals surface area (Å²) in [5.74, 6) is -0.863. The van der Waals surface area contributed by atoms with Crippen molar-refractivity contribution < 1.29 is 28.2 Å². The van der Waals surface area contributed by atoms with Crippen LogP contribution in [0.5, 0.6) is 0 Å². The molecule has 0 bridgehead atoms. The maximum atomic E-state index is 12.4. The molecule has 0 saturated carbocycles. The van der Waals surface area contributed by atoms with Gasteiger partial charge >= 0.3 is 5.97 Å². The molecule has 0 aliphatic carbocycles. The second-order valence-electron chi connectivity index (χ2n) is 6.49. The molecule has 2 aliphatic rings. The van der Waals surface area contributed by atoms with Gasteiger partial charge < -0.3 is 19.3 Å². The molecule has 2 fully saturated rings. The molecule has 0 aromatic heterocycles. The summed E-state index contributed by atoms with van der Waals surface area (Å²) in [6.07, 6.45) is 5.83. The third-order valence-corrected chi connectivity index (χ3v) is 5.49. The summed E-state index contributed by atoms with van der Waals surface area (Å²) in [5.41, 5.74) is 0.446. The Balaban J connectivity index is 1.94. The van der Waals surface area contributed by atoms with E-state index in [0.29, 0.717) is 43.8 Å². The molecule has 2 aliphatic heterocycles. The Morgan fingerprint density at radius 1 is 1.41 bits per heavy atom. The average molecular weight is 397 g/mol. The van der Waals surface area contributed by atoms with E-state index in [1.165, 1.54) is 10.4 Å². The zero-order chi connectivity index (χ0) is 20.0. The Morgan fingerprint density at radius 3 is 2.59 bits per heavy atom. The number of hydrogen-bond acceptors (Lipinski definition) is 5. The molecule has 1 N–H and O–H groups in total. The van der Waals surface area contributed by atoms with Gasteiger partial charge in [-0.25, -0.2) is 0 Å². The van der Waals surface area contributed by atoms with Crippen LogP contribution in [0.4, 0.5) is 0 Å². The first-order valence-electron chi connectivity index (χ1n) is 8.90. The van der Waals surface area contributed by atoms with Gasteiger partial charge in [0, 0.05) is 30.8 Å². The van der Waals surface area contributed by atoms with Gasteiger partial charge in [0.15, 0.2) is 0 Å². The molecular formula is C18H25N2O6S-. The van der Waals surface area contributed by atoms with Crippen LogP contribution in [0.1, 0.15) is 32.6 Å². The molecule has 1 amide bonds. The molecule has 2 unspecified atom stereocenters. The number of carbonyl (C=O) groups is 2. The van der Waals surface area contributed by atoms with Crippen LogP contribution in [0.15, 0.2) is 36.3 Å². The van der Waals surface area contributed by atoms with Gasteiger partial charge in [-0.05, 0) is 32.3 Å². The van der Waals surface area contributed by atoms with Crippen LogP contribution in [-0.4, -0.2) is 60.7 Å². The summed E-state index contributed by atoms with van der Waals surface area (Å²) in [5, 5.41) is 9.02. The Bertz CT molecular complexity index is 667. The quantitative estimate of drug-likeness (QED) is 0.681.